The highest BCUT2D eigenvalue weighted by molar-refractivity contribution is 7.47. The topological polar surface area (TPSA) is 169 Å². The molecule has 68 heavy (non-hydrogen) atoms. The number of phosphoric acid groups is 1. The predicted octanol–water partition coefficient (Wildman–Crippen LogP) is 16.6. The van der Waals surface area contributed by atoms with Gasteiger partial charge in [0.1, 0.15) is 12.7 Å². The molecule has 4 N–H and O–H groups in total. The minimum absolute atomic E-state index is 0.154. The van der Waals surface area contributed by atoms with Crippen LogP contribution in [0.4, 0.5) is 0 Å². The maximum Gasteiger partial charge on any atom is 0.472 e. The number of esters is 1. The van der Waals surface area contributed by atoms with Crippen molar-refractivity contribution in [1.29, 1.82) is 0 Å². The van der Waals surface area contributed by atoms with Gasteiger partial charge in [-0.25, -0.2) is 9.36 Å². The molecular formula is C56H110NO10P. The number of ether oxygens (including phenoxy) is 1. The highest BCUT2D eigenvalue weighted by Gasteiger charge is 2.28. The molecule has 0 aliphatic rings. The van der Waals surface area contributed by atoms with Crippen LogP contribution in [0, 0.1) is 0 Å². The Morgan fingerprint density at radius 1 is 0.412 bits per heavy atom. The Hall–Kier alpha value is -1.52. The Kier molecular flexibility index (Phi) is 50.7. The van der Waals surface area contributed by atoms with Crippen LogP contribution in [-0.4, -0.2) is 64.9 Å². The van der Waals surface area contributed by atoms with Crippen LogP contribution in [0.3, 0.4) is 0 Å². The van der Waals surface area contributed by atoms with Gasteiger partial charge < -0.3 is 25.2 Å². The molecule has 0 aliphatic heterocycles. The monoisotopic (exact) mass is 988 g/mol. The largest absolute Gasteiger partial charge is 0.480 e. The van der Waals surface area contributed by atoms with E-state index in [0.717, 1.165) is 38.5 Å². The van der Waals surface area contributed by atoms with Crippen LogP contribution in [0.5, 0.6) is 0 Å². The molecule has 0 aromatic carbocycles. The summed E-state index contributed by atoms with van der Waals surface area (Å²) in [5.74, 6) is -2.34. The van der Waals surface area contributed by atoms with E-state index in [-0.39, 0.29) is 12.8 Å². The van der Waals surface area contributed by atoms with E-state index in [1.807, 2.05) is 0 Å². The lowest BCUT2D eigenvalue weighted by Crippen LogP contribution is -2.43. The molecule has 0 radical (unpaired) electrons. The standard InChI is InChI=1S/C56H110NO10P/c1-3-5-7-9-11-13-15-17-19-21-23-25-26-28-29-31-33-35-37-39-41-43-45-47-54(59)57-53(56(61)62)51-67-68(63,64)66-50-52(58)49-65-55(60)48-46-44-42-40-38-36-34-32-30-27-24-22-20-18-16-14-12-10-8-6-4-2/h52-53,58H,3-51H2,1-2H3,(H,57,59)(H,61,62)(H,63,64). The van der Waals surface area contributed by atoms with Gasteiger partial charge in [0.2, 0.25) is 5.91 Å². The molecule has 0 aromatic rings. The molecule has 0 bridgehead atoms. The Morgan fingerprint density at radius 2 is 0.676 bits per heavy atom. The summed E-state index contributed by atoms with van der Waals surface area (Å²) in [6, 6.07) is -1.54. The Bertz CT molecular complexity index is 1160. The zero-order chi connectivity index (χ0) is 49.9. The number of aliphatic carboxylic acids is 1. The first-order valence-electron chi connectivity index (χ1n) is 29.1. The second-order valence-corrected chi connectivity index (χ2v) is 21.7. The van der Waals surface area contributed by atoms with Crippen molar-refractivity contribution in [3.8, 4) is 0 Å². The van der Waals surface area contributed by atoms with Crippen LogP contribution in [0.2, 0.25) is 0 Å². The lowest BCUT2D eigenvalue weighted by molar-refractivity contribution is -0.147. The summed E-state index contributed by atoms with van der Waals surface area (Å²) in [5.41, 5.74) is 0. The fraction of sp³-hybridized carbons (Fsp3) is 0.946. The first-order chi connectivity index (χ1) is 33.1. The number of carbonyl (C=O) groups is 3. The maximum atomic E-state index is 12.4. The molecule has 1 amide bonds. The third kappa shape index (κ3) is 50.9. The number of unbranched alkanes of at least 4 members (excludes halogenated alkanes) is 42. The molecule has 0 aromatic heterocycles. The molecule has 0 saturated heterocycles. The molecule has 0 saturated carbocycles. The van der Waals surface area contributed by atoms with Gasteiger partial charge in [0, 0.05) is 12.8 Å². The second-order valence-electron chi connectivity index (χ2n) is 20.2. The molecule has 0 spiro atoms. The minimum Gasteiger partial charge on any atom is -0.480 e. The first-order valence-corrected chi connectivity index (χ1v) is 30.6. The van der Waals surface area contributed by atoms with E-state index in [1.54, 1.807) is 0 Å². The van der Waals surface area contributed by atoms with Crippen molar-refractivity contribution < 1.29 is 47.8 Å². The Labute approximate surface area is 418 Å². The van der Waals surface area contributed by atoms with Gasteiger partial charge in [-0.1, -0.05) is 284 Å². The smallest absolute Gasteiger partial charge is 0.472 e. The molecular weight excluding hydrogens is 878 g/mol. The second kappa shape index (κ2) is 51.8. The van der Waals surface area contributed by atoms with Gasteiger partial charge in [0.25, 0.3) is 0 Å². The molecule has 0 aliphatic carbocycles. The van der Waals surface area contributed by atoms with Crippen LogP contribution >= 0.6 is 7.82 Å². The quantitative estimate of drug-likeness (QED) is 0.0261. The Morgan fingerprint density at radius 3 is 0.971 bits per heavy atom. The van der Waals surface area contributed by atoms with Crippen LogP contribution in [0.25, 0.3) is 0 Å². The highest BCUT2D eigenvalue weighted by atomic mass is 31.2. The molecule has 3 atom stereocenters. The van der Waals surface area contributed by atoms with Crippen molar-refractivity contribution in [3.63, 3.8) is 0 Å². The van der Waals surface area contributed by atoms with E-state index in [4.69, 9.17) is 13.8 Å². The van der Waals surface area contributed by atoms with Crippen LogP contribution in [-0.2, 0) is 32.7 Å². The normalized spacial score (nSPS) is 13.4. The van der Waals surface area contributed by atoms with Crippen molar-refractivity contribution >= 4 is 25.7 Å². The summed E-state index contributed by atoms with van der Waals surface area (Å²) < 4.78 is 27.0. The number of phosphoric ester groups is 1. The first kappa shape index (κ1) is 66.5. The summed E-state index contributed by atoms with van der Waals surface area (Å²) in [6.07, 6.45) is 55.6. The lowest BCUT2D eigenvalue weighted by atomic mass is 10.0. The third-order valence-corrected chi connectivity index (χ3v) is 14.3. The van der Waals surface area contributed by atoms with Crippen molar-refractivity contribution in [3.05, 3.63) is 0 Å². The zero-order valence-electron chi connectivity index (χ0n) is 44.4. The number of rotatable bonds is 56. The average molecular weight is 988 g/mol. The predicted molar refractivity (Wildman–Crippen MR) is 282 cm³/mol. The Balaban J connectivity index is 3.72. The van der Waals surface area contributed by atoms with Crippen LogP contribution < -0.4 is 5.32 Å². The van der Waals surface area contributed by atoms with E-state index in [0.29, 0.717) is 12.8 Å². The zero-order valence-corrected chi connectivity index (χ0v) is 45.3. The number of amides is 1. The van der Waals surface area contributed by atoms with Gasteiger partial charge in [-0.3, -0.25) is 18.6 Å². The molecule has 3 unspecified atom stereocenters. The van der Waals surface area contributed by atoms with Gasteiger partial charge in [-0.05, 0) is 12.8 Å². The SMILES string of the molecule is CCCCCCCCCCCCCCCCCCCCCCCCCC(=O)NC(COP(=O)(O)OCC(O)COC(=O)CCCCCCCCCCCCCCCCCCCCCCC)C(=O)O. The van der Waals surface area contributed by atoms with Crippen molar-refractivity contribution in [2.75, 3.05) is 19.8 Å². The fourth-order valence-electron chi connectivity index (χ4n) is 8.91. The van der Waals surface area contributed by atoms with Gasteiger partial charge in [0.15, 0.2) is 6.04 Å². The number of aliphatic hydroxyl groups excluding tert-OH is 1. The van der Waals surface area contributed by atoms with E-state index < -0.39 is 57.6 Å². The number of hydrogen-bond donors (Lipinski definition) is 4. The number of hydrogen-bond acceptors (Lipinski definition) is 8. The molecule has 0 rings (SSSR count). The van der Waals surface area contributed by atoms with E-state index in [1.165, 1.54) is 231 Å². The van der Waals surface area contributed by atoms with Gasteiger partial charge >= 0.3 is 19.8 Å². The number of nitrogens with one attached hydrogen (secondary N) is 1. The molecule has 404 valence electrons. The summed E-state index contributed by atoms with van der Waals surface area (Å²) in [6.45, 7) is 2.68. The molecule has 12 heteroatoms. The van der Waals surface area contributed by atoms with Gasteiger partial charge in [-0.15, -0.1) is 0 Å². The van der Waals surface area contributed by atoms with Gasteiger partial charge in [0.05, 0.1) is 13.2 Å². The minimum atomic E-state index is -4.76. The van der Waals surface area contributed by atoms with Crippen LogP contribution in [0.1, 0.15) is 309 Å². The van der Waals surface area contributed by atoms with Crippen molar-refractivity contribution in [1.82, 2.24) is 5.32 Å². The summed E-state index contributed by atoms with van der Waals surface area (Å²) in [5, 5.41) is 22.0. The number of aliphatic hydroxyl groups is 1. The van der Waals surface area contributed by atoms with Gasteiger partial charge in [-0.2, -0.15) is 0 Å². The number of carboxylic acid groups (broad SMARTS) is 1. The van der Waals surface area contributed by atoms with Crippen molar-refractivity contribution in [2.45, 2.75) is 321 Å². The van der Waals surface area contributed by atoms with Crippen LogP contribution in [0.15, 0.2) is 0 Å². The van der Waals surface area contributed by atoms with E-state index in [2.05, 4.69) is 19.2 Å². The molecule has 0 fully saturated rings. The molecule has 0 heterocycles. The fourth-order valence-corrected chi connectivity index (χ4v) is 9.68. The highest BCUT2D eigenvalue weighted by Crippen LogP contribution is 2.43. The lowest BCUT2D eigenvalue weighted by Gasteiger charge is -2.18. The van der Waals surface area contributed by atoms with E-state index >= 15 is 0 Å². The summed E-state index contributed by atoms with van der Waals surface area (Å²) >= 11 is 0. The number of carbonyl (C=O) groups excluding carboxylic acids is 2. The summed E-state index contributed by atoms with van der Waals surface area (Å²) in [7, 11) is -4.76. The third-order valence-electron chi connectivity index (χ3n) is 13.4. The number of carboxylic acids is 1. The molecule has 11 nitrogen and oxygen atoms in total. The summed E-state index contributed by atoms with van der Waals surface area (Å²) in [4.78, 5) is 46.3. The van der Waals surface area contributed by atoms with Crippen molar-refractivity contribution in [2.24, 2.45) is 0 Å². The average Bonchev–Trinajstić information content (AvgIpc) is 3.32. The van der Waals surface area contributed by atoms with E-state index in [9.17, 15) is 34.1 Å². The maximum absolute atomic E-state index is 12.4.